The third-order valence-electron chi connectivity index (χ3n) is 4.00. The zero-order valence-corrected chi connectivity index (χ0v) is 10.6. The Morgan fingerprint density at radius 1 is 1.08 bits per heavy atom. The van der Waals surface area contributed by atoms with Crippen molar-refractivity contribution in [1.29, 1.82) is 0 Å². The third kappa shape index (κ3) is 1.08. The van der Waals surface area contributed by atoms with Crippen molar-refractivity contribution in [2.45, 2.75) is 51.7 Å². The fourth-order valence-electron chi connectivity index (χ4n) is 3.18. The Hall–Kier alpha value is 0.440. The highest BCUT2D eigenvalue weighted by Crippen LogP contribution is 2.72. The first-order valence-electron chi connectivity index (χ1n) is 5.07. The van der Waals surface area contributed by atoms with Gasteiger partial charge >= 0.3 is 0 Å². The first-order chi connectivity index (χ1) is 5.83. The summed E-state index contributed by atoms with van der Waals surface area (Å²) in [7, 11) is 0. The van der Waals surface area contributed by atoms with Gasteiger partial charge in [0.1, 0.15) is 0 Å². The molecular weight excluding hydrogens is 196 g/mol. The molecule has 2 aliphatic rings. The van der Waals surface area contributed by atoms with Crippen LogP contribution in [0.15, 0.2) is 0 Å². The van der Waals surface area contributed by atoms with Crippen LogP contribution in [-0.2, 0) is 0 Å². The molecule has 0 atom stereocenters. The van der Waals surface area contributed by atoms with Crippen LogP contribution < -0.4 is 0 Å². The lowest BCUT2D eigenvalue weighted by atomic mass is 9.58. The quantitative estimate of drug-likeness (QED) is 0.441. The van der Waals surface area contributed by atoms with E-state index in [4.69, 9.17) is 12.2 Å². The number of thiocarbonyl (C=S) groups is 1. The van der Waals surface area contributed by atoms with Crippen molar-refractivity contribution in [3.8, 4) is 0 Å². The molecule has 1 saturated carbocycles. The summed E-state index contributed by atoms with van der Waals surface area (Å²) in [6, 6.07) is 0. The van der Waals surface area contributed by atoms with Crippen LogP contribution in [-0.4, -0.2) is 8.94 Å². The van der Waals surface area contributed by atoms with Gasteiger partial charge < -0.3 is 0 Å². The van der Waals surface area contributed by atoms with Gasteiger partial charge in [-0.25, -0.2) is 0 Å². The highest BCUT2D eigenvalue weighted by atomic mass is 32.2. The predicted octanol–water partition coefficient (Wildman–Crippen LogP) is 4.04. The molecule has 0 nitrogen and oxygen atoms in total. The molecule has 0 radical (unpaired) electrons. The van der Waals surface area contributed by atoms with E-state index in [-0.39, 0.29) is 0 Å². The van der Waals surface area contributed by atoms with E-state index in [0.29, 0.717) is 15.6 Å². The lowest BCUT2D eigenvalue weighted by molar-refractivity contribution is 0.105. The third-order valence-corrected chi connectivity index (χ3v) is 6.59. The minimum Gasteiger partial charge on any atom is -0.103 e. The molecule has 0 bridgehead atoms. The van der Waals surface area contributed by atoms with E-state index in [0.717, 1.165) is 0 Å². The number of rotatable bonds is 0. The second kappa shape index (κ2) is 2.52. The van der Waals surface area contributed by atoms with Crippen molar-refractivity contribution < 1.29 is 0 Å². The van der Waals surface area contributed by atoms with Crippen LogP contribution in [0.3, 0.4) is 0 Å². The van der Waals surface area contributed by atoms with Gasteiger partial charge in [-0.3, -0.25) is 0 Å². The summed E-state index contributed by atoms with van der Waals surface area (Å²) in [5, 5.41) is 0. The summed E-state index contributed by atoms with van der Waals surface area (Å²) in [6.07, 6.45) is 4.04. The van der Waals surface area contributed by atoms with Crippen LogP contribution in [0.4, 0.5) is 0 Å². The highest BCUT2D eigenvalue weighted by Gasteiger charge is 2.69. The maximum absolute atomic E-state index is 5.44. The first-order valence-corrected chi connectivity index (χ1v) is 6.29. The van der Waals surface area contributed by atoms with Gasteiger partial charge in [-0.1, -0.05) is 46.3 Å². The predicted molar refractivity (Wildman–Crippen MR) is 64.3 cm³/mol. The van der Waals surface area contributed by atoms with Crippen molar-refractivity contribution in [2.75, 3.05) is 0 Å². The monoisotopic (exact) mass is 214 g/mol. The van der Waals surface area contributed by atoms with Crippen molar-refractivity contribution in [1.82, 2.24) is 0 Å². The molecule has 0 aromatic rings. The van der Waals surface area contributed by atoms with Crippen LogP contribution in [0.25, 0.3) is 0 Å². The molecule has 2 rings (SSSR count). The second-order valence-electron chi connectivity index (χ2n) is 5.69. The molecule has 13 heavy (non-hydrogen) atoms. The fraction of sp³-hybridized carbons (Fsp3) is 0.909. The molecule has 1 spiro atoms. The Labute approximate surface area is 90.9 Å². The van der Waals surface area contributed by atoms with Gasteiger partial charge in [0.25, 0.3) is 0 Å². The minimum absolute atomic E-state index is 0.327. The normalized spacial score (nSPS) is 33.4. The van der Waals surface area contributed by atoms with Gasteiger partial charge in [0.15, 0.2) is 0 Å². The first kappa shape index (κ1) is 9.97. The van der Waals surface area contributed by atoms with E-state index in [2.05, 4.69) is 27.7 Å². The summed E-state index contributed by atoms with van der Waals surface area (Å²) >= 11 is 7.40. The Kier molecular flexibility index (Phi) is 1.93. The summed E-state index contributed by atoms with van der Waals surface area (Å²) in [5.41, 5.74) is 0.826. The number of hydrogen-bond donors (Lipinski definition) is 0. The molecule has 2 fully saturated rings. The van der Waals surface area contributed by atoms with Gasteiger partial charge in [-0.05, 0) is 23.7 Å². The van der Waals surface area contributed by atoms with Gasteiger partial charge in [0.2, 0.25) is 0 Å². The zero-order chi connectivity index (χ0) is 9.91. The molecule has 0 aromatic carbocycles. The van der Waals surface area contributed by atoms with Crippen molar-refractivity contribution in [3.63, 3.8) is 0 Å². The van der Waals surface area contributed by atoms with Crippen LogP contribution in [0, 0.1) is 10.8 Å². The van der Waals surface area contributed by atoms with Gasteiger partial charge in [0.05, 0.1) is 8.94 Å². The van der Waals surface area contributed by atoms with Crippen LogP contribution >= 0.6 is 24.0 Å². The lowest BCUT2D eigenvalue weighted by Crippen LogP contribution is -2.48. The van der Waals surface area contributed by atoms with Crippen molar-refractivity contribution in [2.24, 2.45) is 10.8 Å². The topological polar surface area (TPSA) is 0 Å². The highest BCUT2D eigenvalue weighted by molar-refractivity contribution is 8.35. The standard InChI is InChI=1S/C11H18S2/c1-9(2)6-5-7-10(3,4)11(9)8(12)13-11/h5-7H2,1-4H3. The average molecular weight is 214 g/mol. The summed E-state index contributed by atoms with van der Waals surface area (Å²) < 4.78 is 1.59. The minimum atomic E-state index is 0.327. The molecule has 0 N–H and O–H groups in total. The molecule has 0 unspecified atom stereocenters. The van der Waals surface area contributed by atoms with E-state index in [9.17, 15) is 0 Å². The fourth-order valence-corrected chi connectivity index (χ4v) is 5.65. The van der Waals surface area contributed by atoms with E-state index in [1.54, 1.807) is 0 Å². The maximum Gasteiger partial charge on any atom is 0.0724 e. The smallest absolute Gasteiger partial charge is 0.0724 e. The lowest BCUT2D eigenvalue weighted by Gasteiger charge is -2.48. The Bertz CT molecular complexity index is 247. The molecule has 0 amide bonds. The van der Waals surface area contributed by atoms with Gasteiger partial charge in [0, 0.05) is 0 Å². The molecule has 1 aliphatic heterocycles. The maximum atomic E-state index is 5.44. The van der Waals surface area contributed by atoms with Crippen LogP contribution in [0.2, 0.25) is 0 Å². The average Bonchev–Trinajstić information content (AvgIpc) is 2.60. The summed E-state index contributed by atoms with van der Waals surface area (Å²) in [6.45, 7) is 9.56. The number of thioether (sulfide) groups is 1. The molecule has 0 aromatic heterocycles. The van der Waals surface area contributed by atoms with E-state index in [1.807, 2.05) is 11.8 Å². The van der Waals surface area contributed by atoms with Crippen molar-refractivity contribution >= 4 is 28.2 Å². The van der Waals surface area contributed by atoms with Crippen LogP contribution in [0.1, 0.15) is 47.0 Å². The zero-order valence-electron chi connectivity index (χ0n) is 8.94. The molecule has 1 aliphatic carbocycles. The van der Waals surface area contributed by atoms with E-state index < -0.39 is 0 Å². The molecular formula is C11H18S2. The van der Waals surface area contributed by atoms with Gasteiger partial charge in [-0.2, -0.15) is 0 Å². The summed E-state index contributed by atoms with van der Waals surface area (Å²) in [5.74, 6) is 0. The Morgan fingerprint density at radius 2 is 1.46 bits per heavy atom. The second-order valence-corrected chi connectivity index (χ2v) is 7.58. The number of hydrogen-bond acceptors (Lipinski definition) is 2. The van der Waals surface area contributed by atoms with E-state index >= 15 is 0 Å². The van der Waals surface area contributed by atoms with Crippen molar-refractivity contribution in [3.05, 3.63) is 0 Å². The molecule has 1 heterocycles. The van der Waals surface area contributed by atoms with E-state index in [1.165, 1.54) is 23.5 Å². The Morgan fingerprint density at radius 3 is 1.69 bits per heavy atom. The molecule has 1 saturated heterocycles. The summed E-state index contributed by atoms with van der Waals surface area (Å²) in [4.78, 5) is 0. The molecule has 2 heteroatoms. The SMILES string of the molecule is CC1(C)CCCC(C)(C)C12SC2=S. The van der Waals surface area contributed by atoms with Crippen LogP contribution in [0.5, 0.6) is 0 Å². The molecule has 74 valence electrons. The van der Waals surface area contributed by atoms with Gasteiger partial charge in [-0.15, -0.1) is 11.8 Å². The largest absolute Gasteiger partial charge is 0.103 e. The Balaban J connectivity index is 2.42.